The van der Waals surface area contributed by atoms with E-state index in [4.69, 9.17) is 11.6 Å². The highest BCUT2D eigenvalue weighted by atomic mass is 35.5. The monoisotopic (exact) mass is 442 g/mol. The van der Waals surface area contributed by atoms with Crippen LogP contribution < -0.4 is 5.32 Å². The summed E-state index contributed by atoms with van der Waals surface area (Å²) < 4.78 is 41.5. The molecule has 0 aromatic heterocycles. The summed E-state index contributed by atoms with van der Waals surface area (Å²) in [5.74, 6) is -1.18. The van der Waals surface area contributed by atoms with Gasteiger partial charge < -0.3 is 5.11 Å². The van der Waals surface area contributed by atoms with Crippen LogP contribution in [0.2, 0.25) is 5.02 Å². The molecule has 0 saturated carbocycles. The van der Waals surface area contributed by atoms with Crippen LogP contribution in [0, 0.1) is 12.8 Å². The third-order valence-corrected chi connectivity index (χ3v) is 6.25. The summed E-state index contributed by atoms with van der Waals surface area (Å²) in [6.07, 6.45) is 0.405. The second kappa shape index (κ2) is 9.12. The summed E-state index contributed by atoms with van der Waals surface area (Å²) in [6.45, 7) is 5.31. The van der Waals surface area contributed by atoms with Gasteiger partial charge in [-0.3, -0.25) is 15.0 Å². The highest BCUT2D eigenvalue weighted by Crippen LogP contribution is 2.35. The van der Waals surface area contributed by atoms with E-state index in [2.05, 4.69) is 5.32 Å². The average Bonchev–Trinajstić information content (AvgIpc) is 3.12. The molecule has 1 unspecified atom stereocenters. The Kier molecular flexibility index (Phi) is 6.95. The third kappa shape index (κ3) is 5.45. The lowest BCUT2D eigenvalue weighted by Gasteiger charge is -2.30. The molecule has 1 aliphatic heterocycles. The van der Waals surface area contributed by atoms with E-state index < -0.39 is 24.2 Å². The predicted molar refractivity (Wildman–Crippen MR) is 111 cm³/mol. The lowest BCUT2D eigenvalue weighted by molar-refractivity contribution is -0.159. The van der Waals surface area contributed by atoms with Crippen molar-refractivity contribution in [2.24, 2.45) is 5.92 Å². The molecule has 164 valence electrons. The molecule has 0 amide bonds. The number of hydrogen-bond acceptors (Lipinski definition) is 3. The van der Waals surface area contributed by atoms with Gasteiger partial charge in [0.15, 0.2) is 0 Å². The van der Waals surface area contributed by atoms with Crippen molar-refractivity contribution in [3.05, 3.63) is 57.6 Å². The van der Waals surface area contributed by atoms with Crippen LogP contribution >= 0.6 is 11.6 Å². The van der Waals surface area contributed by atoms with Gasteiger partial charge in [0.2, 0.25) is 0 Å². The predicted octanol–water partition coefficient (Wildman–Crippen LogP) is 4.89. The standard InChI is InChI=1S/C22H26ClF3N2O2/c1-13-3-5-18(10-17(13)12-28-8-7-16(11-28)21(29)30)27-20(22(24,25)26)15-4-6-19(23)14(2)9-15/h3-4,6,9-10,16,18,20,27H,5,7-8,11-12H2,1-2H3,(H,29,30)/t16-,18?,20+/m1/s1. The van der Waals surface area contributed by atoms with E-state index in [0.29, 0.717) is 43.1 Å². The Morgan fingerprint density at radius 3 is 2.70 bits per heavy atom. The molecule has 3 atom stereocenters. The molecule has 3 rings (SSSR count). The van der Waals surface area contributed by atoms with Crippen molar-refractivity contribution in [3.8, 4) is 0 Å². The molecule has 2 N–H and O–H groups in total. The van der Waals surface area contributed by atoms with Gasteiger partial charge in [-0.2, -0.15) is 13.2 Å². The molecular weight excluding hydrogens is 417 g/mol. The molecule has 8 heteroatoms. The number of halogens is 4. The quantitative estimate of drug-likeness (QED) is 0.658. The first kappa shape index (κ1) is 22.8. The van der Waals surface area contributed by atoms with Crippen LogP contribution in [0.5, 0.6) is 0 Å². The number of carboxylic acid groups (broad SMARTS) is 1. The summed E-state index contributed by atoms with van der Waals surface area (Å²) in [5, 5.41) is 12.4. The maximum Gasteiger partial charge on any atom is 0.407 e. The minimum Gasteiger partial charge on any atom is -0.481 e. The van der Waals surface area contributed by atoms with Crippen molar-refractivity contribution in [2.45, 2.75) is 44.9 Å². The molecule has 0 spiro atoms. The van der Waals surface area contributed by atoms with Crippen molar-refractivity contribution >= 4 is 17.6 Å². The zero-order valence-corrected chi connectivity index (χ0v) is 17.7. The van der Waals surface area contributed by atoms with Gasteiger partial charge in [-0.25, -0.2) is 0 Å². The fourth-order valence-electron chi connectivity index (χ4n) is 4.03. The van der Waals surface area contributed by atoms with Crippen LogP contribution in [0.1, 0.15) is 36.9 Å². The molecule has 30 heavy (non-hydrogen) atoms. The molecule has 2 aliphatic rings. The Morgan fingerprint density at radius 2 is 2.10 bits per heavy atom. The molecule has 1 heterocycles. The van der Waals surface area contributed by atoms with Crippen LogP contribution in [0.3, 0.4) is 0 Å². The first-order valence-electron chi connectivity index (χ1n) is 9.96. The number of likely N-dealkylation sites (tertiary alicyclic amines) is 1. The van der Waals surface area contributed by atoms with Gasteiger partial charge in [-0.05, 0) is 56.0 Å². The molecule has 1 fully saturated rings. The maximum atomic E-state index is 13.8. The van der Waals surface area contributed by atoms with Crippen molar-refractivity contribution in [2.75, 3.05) is 19.6 Å². The fraction of sp³-hybridized carbons (Fsp3) is 0.500. The van der Waals surface area contributed by atoms with Crippen LogP contribution in [0.4, 0.5) is 13.2 Å². The first-order valence-corrected chi connectivity index (χ1v) is 10.3. The van der Waals surface area contributed by atoms with Crippen LogP contribution in [-0.2, 0) is 4.79 Å². The number of nitrogens with zero attached hydrogens (tertiary/aromatic N) is 1. The van der Waals surface area contributed by atoms with Gasteiger partial charge in [0.1, 0.15) is 6.04 Å². The molecule has 0 bridgehead atoms. The summed E-state index contributed by atoms with van der Waals surface area (Å²) in [5.41, 5.74) is 2.70. The topological polar surface area (TPSA) is 52.6 Å². The summed E-state index contributed by atoms with van der Waals surface area (Å²) >= 11 is 5.98. The minimum atomic E-state index is -4.45. The number of benzene rings is 1. The van der Waals surface area contributed by atoms with Crippen molar-refractivity contribution in [3.63, 3.8) is 0 Å². The minimum absolute atomic E-state index is 0.134. The highest BCUT2D eigenvalue weighted by Gasteiger charge is 2.42. The maximum absolute atomic E-state index is 13.8. The van der Waals surface area contributed by atoms with Crippen molar-refractivity contribution in [1.29, 1.82) is 0 Å². The first-order chi connectivity index (χ1) is 14.0. The Hall–Kier alpha value is -1.83. The third-order valence-electron chi connectivity index (χ3n) is 5.83. The van der Waals surface area contributed by atoms with Crippen molar-refractivity contribution < 1.29 is 23.1 Å². The van der Waals surface area contributed by atoms with Crippen LogP contribution in [0.25, 0.3) is 0 Å². The lowest BCUT2D eigenvalue weighted by Crippen LogP contribution is -2.41. The smallest absolute Gasteiger partial charge is 0.407 e. The lowest BCUT2D eigenvalue weighted by atomic mass is 9.94. The Bertz CT molecular complexity index is 866. The zero-order valence-electron chi connectivity index (χ0n) is 17.0. The molecule has 1 aliphatic carbocycles. The molecule has 1 aromatic carbocycles. The second-order valence-electron chi connectivity index (χ2n) is 8.13. The number of aliphatic carboxylic acids is 1. The van der Waals surface area contributed by atoms with Crippen molar-refractivity contribution in [1.82, 2.24) is 10.2 Å². The van der Waals surface area contributed by atoms with Gasteiger partial charge in [-0.1, -0.05) is 41.5 Å². The summed E-state index contributed by atoms with van der Waals surface area (Å²) in [4.78, 5) is 13.2. The van der Waals surface area contributed by atoms with E-state index in [1.54, 1.807) is 6.92 Å². The van der Waals surface area contributed by atoms with E-state index in [-0.39, 0.29) is 11.5 Å². The number of hydrogen-bond donors (Lipinski definition) is 2. The van der Waals surface area contributed by atoms with E-state index >= 15 is 0 Å². The number of rotatable bonds is 6. The number of carboxylic acids is 1. The number of nitrogens with one attached hydrogen (secondary N) is 1. The molecule has 1 aromatic rings. The zero-order chi connectivity index (χ0) is 22.1. The van der Waals surface area contributed by atoms with E-state index in [9.17, 15) is 23.1 Å². The Balaban J connectivity index is 1.75. The fourth-order valence-corrected chi connectivity index (χ4v) is 4.15. The summed E-state index contributed by atoms with van der Waals surface area (Å²) in [7, 11) is 0. The normalized spacial score (nSPS) is 23.8. The number of alkyl halides is 3. The van der Waals surface area contributed by atoms with E-state index in [1.807, 2.05) is 24.0 Å². The average molecular weight is 443 g/mol. The molecule has 4 nitrogen and oxygen atoms in total. The number of aryl methyl sites for hydroxylation is 1. The van der Waals surface area contributed by atoms with Gasteiger partial charge in [0, 0.05) is 24.2 Å². The SMILES string of the molecule is CC1=CCC(N[C@@H](c2ccc(Cl)c(C)c2)C(F)(F)F)C=C1CN1CC[C@@H](C(=O)O)C1. The van der Waals surface area contributed by atoms with Gasteiger partial charge in [0.05, 0.1) is 5.92 Å². The highest BCUT2D eigenvalue weighted by molar-refractivity contribution is 6.31. The van der Waals surface area contributed by atoms with Crippen LogP contribution in [-0.4, -0.2) is 47.8 Å². The molecule has 0 radical (unpaired) electrons. The number of carbonyl (C=O) groups is 1. The van der Waals surface area contributed by atoms with Crippen LogP contribution in [0.15, 0.2) is 41.5 Å². The van der Waals surface area contributed by atoms with Gasteiger partial charge in [-0.15, -0.1) is 0 Å². The second-order valence-corrected chi connectivity index (χ2v) is 8.54. The molecule has 1 saturated heterocycles. The Labute approximate surface area is 179 Å². The van der Waals surface area contributed by atoms with E-state index in [1.165, 1.54) is 18.2 Å². The molecular formula is C22H26ClF3N2O2. The van der Waals surface area contributed by atoms with E-state index in [0.717, 1.165) is 11.1 Å². The van der Waals surface area contributed by atoms with Gasteiger partial charge >= 0.3 is 12.1 Å². The largest absolute Gasteiger partial charge is 0.481 e. The Morgan fingerprint density at radius 1 is 1.37 bits per heavy atom. The van der Waals surface area contributed by atoms with Gasteiger partial charge in [0.25, 0.3) is 0 Å². The summed E-state index contributed by atoms with van der Waals surface area (Å²) in [6, 6.07) is 2.10.